The highest BCUT2D eigenvalue weighted by molar-refractivity contribution is 7.90. The predicted octanol–water partition coefficient (Wildman–Crippen LogP) is 2.39. The lowest BCUT2D eigenvalue weighted by Crippen LogP contribution is -2.35. The van der Waals surface area contributed by atoms with E-state index in [2.05, 4.69) is 4.90 Å². The molecule has 9 heteroatoms. The van der Waals surface area contributed by atoms with Gasteiger partial charge < -0.3 is 9.15 Å². The van der Waals surface area contributed by atoms with Crippen LogP contribution in [-0.2, 0) is 33.9 Å². The van der Waals surface area contributed by atoms with Gasteiger partial charge in [-0.1, -0.05) is 12.1 Å². The summed E-state index contributed by atoms with van der Waals surface area (Å²) in [4.78, 5) is 14.3. The van der Waals surface area contributed by atoms with Gasteiger partial charge in [-0.2, -0.15) is 0 Å². The summed E-state index contributed by atoms with van der Waals surface area (Å²) in [7, 11) is -2.13. The lowest BCUT2D eigenvalue weighted by atomic mass is 10.1. The number of sulfone groups is 1. The molecular formula is C21H23FN2O5S. The molecule has 0 atom stereocenters. The second-order valence-corrected chi connectivity index (χ2v) is 9.58. The number of aromatic nitrogens is 1. The molecule has 1 aliphatic rings. The number of benzene rings is 2. The minimum atomic E-state index is -3.74. The van der Waals surface area contributed by atoms with Crippen LogP contribution < -0.4 is 5.76 Å². The van der Waals surface area contributed by atoms with Crippen molar-refractivity contribution in [2.24, 2.45) is 7.05 Å². The van der Waals surface area contributed by atoms with Gasteiger partial charge in [0.25, 0.3) is 0 Å². The summed E-state index contributed by atoms with van der Waals surface area (Å²) < 4.78 is 51.9. The first kappa shape index (κ1) is 20.8. The Bertz CT molecular complexity index is 1260. The predicted molar refractivity (Wildman–Crippen MR) is 110 cm³/mol. The number of oxazole rings is 1. The average molecular weight is 434 g/mol. The smallest absolute Gasteiger partial charge is 0.408 e. The molecule has 1 aliphatic heterocycles. The summed E-state index contributed by atoms with van der Waals surface area (Å²) in [6.07, 6.45) is 0. The molecule has 1 fully saturated rings. The molecule has 0 spiro atoms. The Morgan fingerprint density at radius 3 is 2.57 bits per heavy atom. The fourth-order valence-corrected chi connectivity index (χ4v) is 5.14. The molecule has 0 aliphatic carbocycles. The van der Waals surface area contributed by atoms with Crippen LogP contribution in [0.25, 0.3) is 11.1 Å². The summed E-state index contributed by atoms with van der Waals surface area (Å²) in [6, 6.07) is 7.27. The molecule has 1 aromatic heterocycles. The van der Waals surface area contributed by atoms with E-state index in [1.807, 2.05) is 0 Å². The topological polar surface area (TPSA) is 81.8 Å². The second-order valence-electron chi connectivity index (χ2n) is 7.59. The van der Waals surface area contributed by atoms with E-state index < -0.39 is 15.6 Å². The minimum Gasteiger partial charge on any atom is -0.408 e. The van der Waals surface area contributed by atoms with Gasteiger partial charge in [0.1, 0.15) is 5.82 Å². The summed E-state index contributed by atoms with van der Waals surface area (Å²) in [5, 5.41) is 0. The quantitative estimate of drug-likeness (QED) is 0.613. The van der Waals surface area contributed by atoms with E-state index in [4.69, 9.17) is 9.15 Å². The van der Waals surface area contributed by atoms with Crippen molar-refractivity contribution < 1.29 is 22.0 Å². The van der Waals surface area contributed by atoms with Crippen molar-refractivity contribution >= 4 is 20.9 Å². The molecule has 3 aromatic rings. The summed E-state index contributed by atoms with van der Waals surface area (Å²) in [6.45, 7) is 4.73. The molecule has 0 amide bonds. The first-order chi connectivity index (χ1) is 14.2. The van der Waals surface area contributed by atoms with Gasteiger partial charge in [-0.3, -0.25) is 9.47 Å². The Labute approximate surface area is 173 Å². The Morgan fingerprint density at radius 2 is 1.87 bits per heavy atom. The number of halogens is 1. The van der Waals surface area contributed by atoms with Gasteiger partial charge in [-0.15, -0.1) is 0 Å². The molecule has 160 valence electrons. The zero-order valence-electron chi connectivity index (χ0n) is 16.9. The van der Waals surface area contributed by atoms with E-state index >= 15 is 0 Å². The Kier molecular flexibility index (Phi) is 5.52. The van der Waals surface area contributed by atoms with Crippen LogP contribution in [0.5, 0.6) is 0 Å². The first-order valence-electron chi connectivity index (χ1n) is 9.65. The third-order valence-electron chi connectivity index (χ3n) is 5.37. The van der Waals surface area contributed by atoms with E-state index in [9.17, 15) is 17.6 Å². The van der Waals surface area contributed by atoms with Crippen molar-refractivity contribution in [3.63, 3.8) is 0 Å². The van der Waals surface area contributed by atoms with Gasteiger partial charge in [-0.05, 0) is 35.7 Å². The number of morpholine rings is 1. The number of hydrogen-bond donors (Lipinski definition) is 0. The van der Waals surface area contributed by atoms with Gasteiger partial charge in [0.15, 0.2) is 15.4 Å². The van der Waals surface area contributed by atoms with Crippen molar-refractivity contribution in [3.8, 4) is 0 Å². The van der Waals surface area contributed by atoms with E-state index in [0.717, 1.165) is 13.1 Å². The molecule has 0 N–H and O–H groups in total. The number of hydrogen-bond acceptors (Lipinski definition) is 6. The van der Waals surface area contributed by atoms with E-state index in [-0.39, 0.29) is 22.0 Å². The fraction of sp³-hybridized carbons (Fsp3) is 0.381. The maximum absolute atomic E-state index is 13.5. The normalized spacial score (nSPS) is 15.7. The van der Waals surface area contributed by atoms with Crippen LogP contribution in [0.15, 0.2) is 44.4 Å². The molecule has 2 aromatic carbocycles. The maximum Gasteiger partial charge on any atom is 0.419 e. The lowest BCUT2D eigenvalue weighted by Gasteiger charge is -2.27. The zero-order valence-corrected chi connectivity index (χ0v) is 17.7. The number of aryl methyl sites for hydroxylation is 2. The van der Waals surface area contributed by atoms with Crippen molar-refractivity contribution in [1.29, 1.82) is 0 Å². The highest BCUT2D eigenvalue weighted by Gasteiger charge is 2.23. The van der Waals surface area contributed by atoms with Crippen LogP contribution in [0, 0.1) is 12.7 Å². The Hall–Kier alpha value is -2.49. The number of nitrogens with zero attached hydrogens (tertiary/aromatic N) is 2. The van der Waals surface area contributed by atoms with Crippen LogP contribution in [0.1, 0.15) is 16.7 Å². The number of ether oxygens (including phenoxy) is 1. The Morgan fingerprint density at radius 1 is 1.13 bits per heavy atom. The highest BCUT2D eigenvalue weighted by atomic mass is 32.2. The zero-order chi connectivity index (χ0) is 21.5. The second kappa shape index (κ2) is 7.98. The molecule has 2 heterocycles. The lowest BCUT2D eigenvalue weighted by molar-refractivity contribution is 0.0343. The van der Waals surface area contributed by atoms with Crippen LogP contribution in [0.2, 0.25) is 0 Å². The third-order valence-corrected chi connectivity index (χ3v) is 7.04. The maximum atomic E-state index is 13.5. The third kappa shape index (κ3) is 4.05. The summed E-state index contributed by atoms with van der Waals surface area (Å²) >= 11 is 0. The van der Waals surface area contributed by atoms with Gasteiger partial charge in [0.05, 0.1) is 29.4 Å². The molecule has 0 saturated carbocycles. The highest BCUT2D eigenvalue weighted by Crippen LogP contribution is 2.27. The minimum absolute atomic E-state index is 0.0783. The standard InChI is InChI=1S/C21H23FN2O5S/c1-14-9-15(3-4-18(14)22)13-30(26,27)17-10-16(12-24-5-7-28-8-6-24)20-19(11-17)29-21(25)23(20)2/h3-4,9-11H,5-8,12-13H2,1-2H3. The largest absolute Gasteiger partial charge is 0.419 e. The van der Waals surface area contributed by atoms with Crippen molar-refractivity contribution in [2.75, 3.05) is 26.3 Å². The van der Waals surface area contributed by atoms with E-state index in [0.29, 0.717) is 42.0 Å². The van der Waals surface area contributed by atoms with Crippen molar-refractivity contribution in [3.05, 3.63) is 63.4 Å². The SMILES string of the molecule is Cc1cc(CS(=O)(=O)c2cc(CN3CCOCC3)c3c(c2)oc(=O)n3C)ccc1F. The molecule has 0 unspecified atom stereocenters. The monoisotopic (exact) mass is 434 g/mol. The van der Waals surface area contributed by atoms with E-state index in [1.54, 1.807) is 20.0 Å². The van der Waals surface area contributed by atoms with Gasteiger partial charge >= 0.3 is 5.76 Å². The molecular weight excluding hydrogens is 411 g/mol. The first-order valence-corrected chi connectivity index (χ1v) is 11.3. The van der Waals surface area contributed by atoms with Gasteiger partial charge in [0.2, 0.25) is 0 Å². The average Bonchev–Trinajstić information content (AvgIpc) is 2.99. The molecule has 0 bridgehead atoms. The van der Waals surface area contributed by atoms with Crippen LogP contribution in [0.4, 0.5) is 4.39 Å². The van der Waals surface area contributed by atoms with Crippen LogP contribution in [-0.4, -0.2) is 44.2 Å². The van der Waals surface area contributed by atoms with Crippen LogP contribution >= 0.6 is 0 Å². The Balaban J connectivity index is 1.76. The molecule has 4 rings (SSSR count). The van der Waals surface area contributed by atoms with Gasteiger partial charge in [0, 0.05) is 32.7 Å². The summed E-state index contributed by atoms with van der Waals surface area (Å²) in [5.74, 6) is -1.19. The van der Waals surface area contributed by atoms with Crippen LogP contribution in [0.3, 0.4) is 0 Å². The number of rotatable bonds is 5. The van der Waals surface area contributed by atoms with Crippen molar-refractivity contribution in [1.82, 2.24) is 9.47 Å². The molecule has 0 radical (unpaired) electrons. The van der Waals surface area contributed by atoms with Gasteiger partial charge in [-0.25, -0.2) is 17.6 Å². The molecule has 7 nitrogen and oxygen atoms in total. The van der Waals surface area contributed by atoms with Crippen molar-refractivity contribution in [2.45, 2.75) is 24.1 Å². The number of fused-ring (bicyclic) bond motifs is 1. The summed E-state index contributed by atoms with van der Waals surface area (Å²) in [5.41, 5.74) is 2.42. The fourth-order valence-electron chi connectivity index (χ4n) is 3.75. The molecule has 30 heavy (non-hydrogen) atoms. The molecule has 1 saturated heterocycles. The van der Waals surface area contributed by atoms with E-state index in [1.165, 1.54) is 28.8 Å².